The molecule has 0 saturated carbocycles. The van der Waals surface area contributed by atoms with Crippen molar-refractivity contribution in [2.45, 2.75) is 147 Å². The maximum atomic E-state index is 13.9. The molecule has 11 N–H and O–H groups in total. The van der Waals surface area contributed by atoms with Gasteiger partial charge in [-0.25, -0.2) is 29.4 Å². The number of hydrogen-bond donors (Lipinski definition) is 8. The first-order chi connectivity index (χ1) is 49.8. The van der Waals surface area contributed by atoms with Crippen molar-refractivity contribution in [3.05, 3.63) is 113 Å². The van der Waals surface area contributed by atoms with E-state index in [1.807, 2.05) is 17.0 Å². The lowest BCUT2D eigenvalue weighted by Crippen LogP contribution is -2.57. The van der Waals surface area contributed by atoms with Crippen LogP contribution in [0, 0.1) is 23.2 Å². The van der Waals surface area contributed by atoms with Crippen LogP contribution in [-0.2, 0) is 55.3 Å². The average Bonchev–Trinajstić information content (AvgIpc) is 1.00. The Labute approximate surface area is 606 Å². The summed E-state index contributed by atoms with van der Waals surface area (Å²) >= 11 is 5.05. The molecule has 37 heteroatoms. The summed E-state index contributed by atoms with van der Waals surface area (Å²) in [7, 11) is 0. The predicted octanol–water partition coefficient (Wildman–Crippen LogP) is 7.76. The van der Waals surface area contributed by atoms with E-state index in [1.165, 1.54) is 27.8 Å². The molecule has 5 aromatic rings. The van der Waals surface area contributed by atoms with Crippen LogP contribution in [0.5, 0.6) is 0 Å². The van der Waals surface area contributed by atoms with E-state index in [0.717, 1.165) is 43.4 Å². The Morgan fingerprint density at radius 1 is 0.590 bits per heavy atom. The number of alkyl halides is 9. The molecule has 572 valence electrons. The van der Waals surface area contributed by atoms with Crippen molar-refractivity contribution in [2.75, 3.05) is 98.1 Å². The number of amides is 5. The van der Waals surface area contributed by atoms with E-state index < -0.39 is 65.4 Å². The highest BCUT2D eigenvalue weighted by Crippen LogP contribution is 2.38. The van der Waals surface area contributed by atoms with Gasteiger partial charge in [-0.15, -0.1) is 4.51 Å². The number of carbonyl (C=O) groups is 5. The fraction of sp³-hybridized carbons (Fsp3) is 0.544. The highest BCUT2D eigenvalue weighted by Gasteiger charge is 2.42. The molecule has 0 spiro atoms. The average molecular weight is 1500 g/mol. The van der Waals surface area contributed by atoms with Crippen LogP contribution in [0.4, 0.5) is 67.6 Å². The summed E-state index contributed by atoms with van der Waals surface area (Å²) in [6.07, 6.45) is -2.94. The summed E-state index contributed by atoms with van der Waals surface area (Å²) in [6, 6.07) is 17.1. The van der Waals surface area contributed by atoms with Gasteiger partial charge in [0.15, 0.2) is 5.96 Å². The van der Waals surface area contributed by atoms with Crippen LogP contribution in [0.2, 0.25) is 0 Å². The Morgan fingerprint density at radius 2 is 1.04 bits per heavy atom. The van der Waals surface area contributed by atoms with Crippen LogP contribution in [0.3, 0.4) is 0 Å². The molecule has 27 nitrogen and oxygen atoms in total. The lowest BCUT2D eigenvalue weighted by Gasteiger charge is -2.41. The number of piperidine rings is 2. The van der Waals surface area contributed by atoms with Crippen molar-refractivity contribution in [1.82, 2.24) is 56.3 Å². The third kappa shape index (κ3) is 26.9. The highest BCUT2D eigenvalue weighted by molar-refractivity contribution is 6.19. The van der Waals surface area contributed by atoms with Crippen molar-refractivity contribution < 1.29 is 68.2 Å². The summed E-state index contributed by atoms with van der Waals surface area (Å²) < 4.78 is 131. The lowest BCUT2D eigenvalue weighted by molar-refractivity contribution is -0.145. The molecule has 5 amide bonds. The molecule has 4 fully saturated rings. The van der Waals surface area contributed by atoms with Gasteiger partial charge in [0.25, 0.3) is 0 Å². The van der Waals surface area contributed by atoms with Crippen molar-refractivity contribution in [3.8, 4) is 6.07 Å². The second kappa shape index (κ2) is 38.7. The first-order valence-electron chi connectivity index (χ1n) is 34.4. The van der Waals surface area contributed by atoms with E-state index in [1.54, 1.807) is 67.2 Å². The van der Waals surface area contributed by atoms with Gasteiger partial charge in [-0.05, 0) is 151 Å². The minimum atomic E-state index is -4.81. The quantitative estimate of drug-likeness (QED) is 0.0113. The number of guanidine groups is 1. The van der Waals surface area contributed by atoms with Gasteiger partial charge in [-0.1, -0.05) is 24.3 Å². The smallest absolute Gasteiger partial charge is 0.444 e. The number of hydrogen-bond acceptors (Lipinski definition) is 18. The summed E-state index contributed by atoms with van der Waals surface area (Å²) in [5.74, 6) is -2.23. The van der Waals surface area contributed by atoms with Gasteiger partial charge in [0, 0.05) is 121 Å². The van der Waals surface area contributed by atoms with Gasteiger partial charge in [0.1, 0.15) is 41.0 Å². The third-order valence-electron chi connectivity index (χ3n) is 17.5. The van der Waals surface area contributed by atoms with Crippen molar-refractivity contribution in [2.24, 2.45) is 38.5 Å². The van der Waals surface area contributed by atoms with Crippen LogP contribution < -0.4 is 63.4 Å². The Morgan fingerprint density at radius 3 is 1.43 bits per heavy atom. The van der Waals surface area contributed by atoms with Gasteiger partial charge in [0.05, 0.1) is 23.7 Å². The fourth-order valence-electron chi connectivity index (χ4n) is 11.8. The number of nitrogens with two attached hydrogens (primary N) is 3. The number of nitrogens with one attached hydrogen (secondary N) is 5. The van der Waals surface area contributed by atoms with Crippen LogP contribution in [0.15, 0.2) is 88.6 Å². The van der Waals surface area contributed by atoms with Crippen LogP contribution in [0.25, 0.3) is 0 Å². The number of alkyl carbamates (subject to hydrolysis) is 1. The first-order valence-corrected chi connectivity index (χ1v) is 34.8. The van der Waals surface area contributed by atoms with Crippen molar-refractivity contribution in [3.63, 3.8) is 0 Å². The first kappa shape index (κ1) is 82.3. The van der Waals surface area contributed by atoms with E-state index in [-0.39, 0.29) is 84.9 Å². The number of nitriles is 1. The van der Waals surface area contributed by atoms with Gasteiger partial charge < -0.3 is 68.1 Å². The molecular formula is C68H89ClF9N21O6. The maximum Gasteiger partial charge on any atom is 0.451 e. The molecule has 4 aliphatic rings. The maximum absolute atomic E-state index is 13.9. The minimum absolute atomic E-state index is 0.00380. The molecule has 2 aromatic carbocycles. The molecule has 9 rings (SSSR count). The monoisotopic (exact) mass is 1500 g/mol. The van der Waals surface area contributed by atoms with Gasteiger partial charge in [-0.2, -0.15) is 49.9 Å². The zero-order valence-electron chi connectivity index (χ0n) is 58.5. The van der Waals surface area contributed by atoms with Crippen molar-refractivity contribution in [1.29, 1.82) is 5.26 Å². The van der Waals surface area contributed by atoms with Crippen LogP contribution >= 0.6 is 11.8 Å². The number of ether oxygens (including phenoxy) is 1. The zero-order valence-corrected chi connectivity index (χ0v) is 59.2. The molecule has 2 atom stereocenters. The summed E-state index contributed by atoms with van der Waals surface area (Å²) in [5, 5.41) is 26.4. The van der Waals surface area contributed by atoms with Crippen molar-refractivity contribution >= 4 is 76.7 Å². The zero-order chi connectivity index (χ0) is 76.5. The second-order valence-corrected chi connectivity index (χ2v) is 26.5. The number of nitrogens with zero attached hydrogens (tertiary/aromatic N) is 13. The van der Waals surface area contributed by atoms with E-state index in [4.69, 9.17) is 39.0 Å². The minimum Gasteiger partial charge on any atom is -0.444 e. The standard InChI is InChI=1S/C34H45F6N7O4.C30H39F3N10O2.C4H5ClN4/c1-32(2,3)51-31(50)43-17-16-41-28(48)6-4-5-22-12-18-46(19-13-22)26-21-27(45-30(44-26)34(38,39)40)47-20-14-25(47)29(49)42-15-11-23-7-9-24(10-8-23)33(35,36)37;31-30(32,33)28-40-24(42-15-9-20(10-16-42)2-1-3-26(44)37-13-14-39-29(35)36)18-25(41-28)43-17-11-23(43)27(45)38-12-8-21-4-6-22(19-34)7-5-21;5-8-4(6)9-3-1-2-7-9/h7-10,21-22,25H,4-6,11-20H2,1-3H3,(H,41,48)(H,42,49)(H,43,50);4-7,18,20,23H,1-3,8-17H2,(H,37,44)(H,38,45)(H4,35,36,39);1-3H,(H2,6,8)/t25-;23-;/m00./s1. The van der Waals surface area contributed by atoms with E-state index in [2.05, 4.69) is 67.2 Å². The summed E-state index contributed by atoms with van der Waals surface area (Å²) in [6.45, 7) is 9.68. The molecule has 0 radical (unpaired) electrons. The Bertz CT molecular complexity index is 3740. The Balaban J connectivity index is 0.000000263. The van der Waals surface area contributed by atoms with E-state index in [9.17, 15) is 63.5 Å². The molecule has 0 aliphatic carbocycles. The number of rotatable bonds is 26. The normalized spacial score (nSPS) is 16.5. The molecule has 0 bridgehead atoms. The van der Waals surface area contributed by atoms with Crippen LogP contribution in [-0.4, -0.2) is 168 Å². The van der Waals surface area contributed by atoms with E-state index >= 15 is 0 Å². The molecule has 0 unspecified atom stereocenters. The summed E-state index contributed by atoms with van der Waals surface area (Å²) in [4.78, 5) is 87.5. The van der Waals surface area contributed by atoms with Gasteiger partial charge in [-0.3, -0.25) is 24.2 Å². The van der Waals surface area contributed by atoms with Gasteiger partial charge in [0.2, 0.25) is 41.2 Å². The summed E-state index contributed by atoms with van der Waals surface area (Å²) in [5.41, 5.74) is 16.5. The molecule has 4 saturated heterocycles. The molecule has 4 aliphatic heterocycles. The fourth-order valence-corrected chi connectivity index (χ4v) is 11.8. The lowest BCUT2D eigenvalue weighted by atomic mass is 9.91. The van der Waals surface area contributed by atoms with Gasteiger partial charge >= 0.3 is 24.6 Å². The van der Waals surface area contributed by atoms with E-state index in [0.29, 0.717) is 134 Å². The Kier molecular flexibility index (Phi) is 30.4. The molecule has 3 aromatic heterocycles. The van der Waals surface area contributed by atoms with Crippen LogP contribution in [0.1, 0.15) is 132 Å². The molecule has 7 heterocycles. The number of anilines is 4. The SMILES string of the molecule is CC(C)(C)OC(=O)NCCNC(=O)CCCC1CCN(c2cc(N3CC[C@H]3C(=O)NCCc3ccc(C(F)(F)F)cc3)nc(C(F)(F)F)n2)CC1.N#Cc1ccc(CCNC(=O)[C@@H]2CCN2c2cc(N3CCC(CCCC(=O)NCCN=C(N)N)CC3)nc(C(F)(F)F)n2)cc1.NC(=NCl)n1cccn1. The largest absolute Gasteiger partial charge is 0.451 e. The topological polar surface area (TPSA) is 364 Å². The third-order valence-corrected chi connectivity index (χ3v) is 17.7. The number of carbonyl (C=O) groups excluding carboxylic acids is 5. The Hall–Kier alpha value is -9.95. The second-order valence-electron chi connectivity index (χ2n) is 26.4. The number of halogens is 10. The number of aliphatic imine (C=N–C) groups is 1. The predicted molar refractivity (Wildman–Crippen MR) is 375 cm³/mol. The molecular weight excluding hydrogens is 1410 g/mol. The molecule has 105 heavy (non-hydrogen) atoms. The number of aromatic nitrogens is 6. The number of benzene rings is 2. The highest BCUT2D eigenvalue weighted by atomic mass is 35.5.